The SMILES string of the molecule is C[C@H](Cc1ccc(S(=O)(=O)NC(=O)c2cc(F)c(N3CCN(CC4=C(c5ccc(Cl)cc5)CC(C)(C)CC4)CC3)cc2Oc2cnc3[nH]ccc3c2)cc1[N+](=O)[O-])CN1CCP(C)(=O)CC1. The van der Waals surface area contributed by atoms with Gasteiger partial charge in [0.05, 0.1) is 34.4 Å². The zero-order chi connectivity index (χ0) is 47.0. The first kappa shape index (κ1) is 47.4. The van der Waals surface area contributed by atoms with Crippen molar-refractivity contribution in [3.8, 4) is 11.5 Å². The molecule has 0 bridgehead atoms. The molecule has 66 heavy (non-hydrogen) atoms. The van der Waals surface area contributed by atoms with Gasteiger partial charge in [-0.3, -0.25) is 19.8 Å². The fourth-order valence-electron chi connectivity index (χ4n) is 9.31. The smallest absolute Gasteiger partial charge is 0.273 e. The number of carbonyl (C=O) groups excluding carboxylic acids is 1. The molecule has 5 aromatic rings. The number of carbonyl (C=O) groups is 1. The third-order valence-corrected chi connectivity index (χ3v) is 17.0. The number of halogens is 2. The van der Waals surface area contributed by atoms with Gasteiger partial charge in [-0.25, -0.2) is 22.5 Å². The van der Waals surface area contributed by atoms with E-state index in [0.29, 0.717) is 86.2 Å². The van der Waals surface area contributed by atoms with E-state index in [1.165, 1.54) is 41.1 Å². The number of fused-ring (bicyclic) bond motifs is 1. The van der Waals surface area contributed by atoms with Gasteiger partial charge in [0.25, 0.3) is 21.6 Å². The Morgan fingerprint density at radius 1 is 1.03 bits per heavy atom. The maximum Gasteiger partial charge on any atom is 0.273 e. The Labute approximate surface area is 390 Å². The standard InChI is InChI=1S/C48H56ClFN7O7PS/c1-32(30-55-19-21-65(4,61)22-20-55)23-34-7-10-39(25-43(34)57(59)60)66(62,63)53-47(58)40-26-42(50)44(27-45(40)64-38-24-35-12-14-51-46(35)52-29-38)56-17-15-54(16-18-56)31-36-11-13-48(2,3)28-41(36)33-5-8-37(49)9-6-33/h5-10,12,14,24-27,29,32H,11,13,15-23,28,30-31H2,1-4H3,(H,51,52)(H,53,58)/t32-/m1/s1. The summed E-state index contributed by atoms with van der Waals surface area (Å²) in [5.74, 6) is -1.83. The second kappa shape index (κ2) is 19.2. The Hall–Kier alpha value is -5.12. The van der Waals surface area contributed by atoms with Gasteiger partial charge in [0.2, 0.25) is 0 Å². The predicted molar refractivity (Wildman–Crippen MR) is 258 cm³/mol. The summed E-state index contributed by atoms with van der Waals surface area (Å²) in [5.41, 5.74) is 4.43. The van der Waals surface area contributed by atoms with Crippen LogP contribution in [0.2, 0.25) is 5.02 Å². The number of nitrogens with zero attached hydrogens (tertiary/aromatic N) is 5. The summed E-state index contributed by atoms with van der Waals surface area (Å²) >= 11 is 6.23. The minimum absolute atomic E-state index is 0.0190. The molecule has 1 amide bonds. The van der Waals surface area contributed by atoms with Crippen LogP contribution in [0.15, 0.2) is 89.6 Å². The molecule has 0 unspecified atom stereocenters. The number of pyridine rings is 1. The molecule has 2 aromatic heterocycles. The number of H-pyrrole nitrogens is 1. The van der Waals surface area contributed by atoms with Crippen LogP contribution < -0.4 is 14.4 Å². The second-order valence-electron chi connectivity index (χ2n) is 19.0. The molecule has 3 aromatic carbocycles. The van der Waals surface area contributed by atoms with Gasteiger partial charge in [-0.1, -0.05) is 56.1 Å². The van der Waals surface area contributed by atoms with Crippen LogP contribution in [-0.4, -0.2) is 110 Å². The van der Waals surface area contributed by atoms with Crippen molar-refractivity contribution in [2.24, 2.45) is 11.3 Å². The zero-order valence-corrected chi connectivity index (χ0v) is 40.2. The monoisotopic (exact) mass is 959 g/mol. The number of hydrogen-bond acceptors (Lipinski definition) is 11. The lowest BCUT2D eigenvalue weighted by Crippen LogP contribution is -2.47. The molecular weight excluding hydrogens is 904 g/mol. The molecule has 2 saturated heterocycles. The summed E-state index contributed by atoms with van der Waals surface area (Å²) in [6.45, 7) is 13.5. The molecule has 18 heteroatoms. The van der Waals surface area contributed by atoms with E-state index in [0.717, 1.165) is 37.9 Å². The van der Waals surface area contributed by atoms with Gasteiger partial charge in [0, 0.05) is 99.0 Å². The number of amides is 1. The molecule has 8 rings (SSSR count). The molecule has 4 heterocycles. The van der Waals surface area contributed by atoms with Gasteiger partial charge in [-0.05, 0) is 91.2 Å². The number of sulfonamides is 1. The Morgan fingerprint density at radius 3 is 2.47 bits per heavy atom. The molecule has 1 atom stereocenters. The molecule has 14 nitrogen and oxygen atoms in total. The molecule has 0 spiro atoms. The van der Waals surface area contributed by atoms with E-state index in [1.54, 1.807) is 18.3 Å². The first-order valence-electron chi connectivity index (χ1n) is 22.3. The highest BCUT2D eigenvalue weighted by Crippen LogP contribution is 2.44. The highest BCUT2D eigenvalue weighted by atomic mass is 35.5. The molecule has 0 saturated carbocycles. The van der Waals surface area contributed by atoms with Crippen LogP contribution in [0.5, 0.6) is 11.5 Å². The summed E-state index contributed by atoms with van der Waals surface area (Å²) in [5, 5.41) is 13.7. The number of ether oxygens (including phenoxy) is 1. The first-order valence-corrected chi connectivity index (χ1v) is 26.7. The molecule has 2 fully saturated rings. The van der Waals surface area contributed by atoms with E-state index in [2.05, 4.69) is 45.7 Å². The van der Waals surface area contributed by atoms with E-state index in [4.69, 9.17) is 16.3 Å². The molecule has 2 aliphatic heterocycles. The summed E-state index contributed by atoms with van der Waals surface area (Å²) in [6, 6.07) is 17.4. The lowest BCUT2D eigenvalue weighted by Gasteiger charge is -2.39. The molecule has 1 aliphatic carbocycles. The van der Waals surface area contributed by atoms with Crippen molar-refractivity contribution < 1.29 is 31.8 Å². The highest BCUT2D eigenvalue weighted by molar-refractivity contribution is 7.90. The maximum absolute atomic E-state index is 16.4. The van der Waals surface area contributed by atoms with Crippen LogP contribution in [0.1, 0.15) is 61.5 Å². The van der Waals surface area contributed by atoms with Crippen LogP contribution in [-0.2, 0) is 21.0 Å². The minimum Gasteiger partial charge on any atom is -0.455 e. The number of benzene rings is 3. The zero-order valence-electron chi connectivity index (χ0n) is 37.7. The number of nitro benzene ring substituents is 1. The number of rotatable bonds is 14. The lowest BCUT2D eigenvalue weighted by molar-refractivity contribution is -0.385. The fraction of sp³-hybridized carbons (Fsp3) is 0.417. The average Bonchev–Trinajstić information content (AvgIpc) is 3.74. The summed E-state index contributed by atoms with van der Waals surface area (Å²) in [6.07, 6.45) is 7.74. The number of nitrogens with one attached hydrogen (secondary N) is 2. The van der Waals surface area contributed by atoms with Crippen molar-refractivity contribution in [1.29, 1.82) is 0 Å². The Morgan fingerprint density at radius 2 is 1.76 bits per heavy atom. The van der Waals surface area contributed by atoms with E-state index in [-0.39, 0.29) is 28.5 Å². The fourth-order valence-corrected chi connectivity index (χ4v) is 12.1. The topological polar surface area (TPSA) is 171 Å². The molecule has 350 valence electrons. The van der Waals surface area contributed by atoms with Gasteiger partial charge in [-0.15, -0.1) is 0 Å². The van der Waals surface area contributed by atoms with E-state index >= 15 is 4.39 Å². The molecule has 0 radical (unpaired) electrons. The van der Waals surface area contributed by atoms with Crippen LogP contribution in [0.3, 0.4) is 0 Å². The quantitative estimate of drug-likeness (QED) is 0.0617. The maximum atomic E-state index is 16.4. The Bertz CT molecular complexity index is 2840. The van der Waals surface area contributed by atoms with Gasteiger partial charge < -0.3 is 24.1 Å². The normalized spacial score (nSPS) is 18.6. The Balaban J connectivity index is 1.01. The summed E-state index contributed by atoms with van der Waals surface area (Å²) < 4.78 is 64.6. The van der Waals surface area contributed by atoms with Crippen molar-refractivity contribution in [2.45, 2.75) is 51.3 Å². The third kappa shape index (κ3) is 11.2. The molecule has 2 N–H and O–H groups in total. The lowest BCUT2D eigenvalue weighted by atomic mass is 9.72. The van der Waals surface area contributed by atoms with E-state index < -0.39 is 50.0 Å². The molecule has 3 aliphatic rings. The van der Waals surface area contributed by atoms with Crippen LogP contribution in [0.4, 0.5) is 15.8 Å². The largest absolute Gasteiger partial charge is 0.455 e. The third-order valence-electron chi connectivity index (χ3n) is 13.1. The molecular formula is C48H56ClFN7O7PS. The Kier molecular flexibility index (Phi) is 13.8. The van der Waals surface area contributed by atoms with Gasteiger partial charge in [0.15, 0.2) is 0 Å². The first-order chi connectivity index (χ1) is 31.3. The predicted octanol–water partition coefficient (Wildman–Crippen LogP) is 9.45. The van der Waals surface area contributed by atoms with Gasteiger partial charge in [0.1, 0.15) is 23.0 Å². The van der Waals surface area contributed by atoms with Crippen molar-refractivity contribution in [1.82, 2.24) is 24.5 Å². The summed E-state index contributed by atoms with van der Waals surface area (Å²) in [4.78, 5) is 39.0. The van der Waals surface area contributed by atoms with Crippen molar-refractivity contribution >= 4 is 62.7 Å². The minimum atomic E-state index is -4.70. The highest BCUT2D eigenvalue weighted by Gasteiger charge is 2.32. The number of aromatic nitrogens is 2. The second-order valence-corrected chi connectivity index (χ2v) is 24.6. The summed E-state index contributed by atoms with van der Waals surface area (Å²) in [7, 11) is -6.82. The number of allylic oxidation sites excluding steroid dienone is 1. The number of nitro groups is 1. The van der Waals surface area contributed by atoms with Crippen LogP contribution >= 0.6 is 18.7 Å². The van der Waals surface area contributed by atoms with E-state index in [9.17, 15) is 27.9 Å². The average molecular weight is 961 g/mol. The number of hydrogen-bond donors (Lipinski definition) is 2. The van der Waals surface area contributed by atoms with E-state index in [1.807, 2.05) is 35.3 Å². The number of piperazine rings is 1. The van der Waals surface area contributed by atoms with Crippen molar-refractivity contribution in [3.63, 3.8) is 0 Å². The van der Waals surface area contributed by atoms with Gasteiger partial charge >= 0.3 is 0 Å². The van der Waals surface area contributed by atoms with Gasteiger partial charge in [-0.2, -0.15) is 0 Å². The van der Waals surface area contributed by atoms with Crippen LogP contribution in [0.25, 0.3) is 16.6 Å². The number of anilines is 1. The number of aromatic amines is 1. The van der Waals surface area contributed by atoms with Crippen molar-refractivity contribution in [3.05, 3.63) is 122 Å². The van der Waals surface area contributed by atoms with Crippen LogP contribution in [0, 0.1) is 27.3 Å². The van der Waals surface area contributed by atoms with Crippen molar-refractivity contribution in [2.75, 3.05) is 76.2 Å².